The van der Waals surface area contributed by atoms with Crippen LogP contribution in [0, 0.1) is 31.1 Å². The number of nitrogens with two attached hydrogens (primary N) is 1. The molecule has 1 aromatic carbocycles. The summed E-state index contributed by atoms with van der Waals surface area (Å²) < 4.78 is 6.62. The number of ether oxygens (including phenoxy) is 1. The van der Waals surface area contributed by atoms with Gasteiger partial charge >= 0.3 is 5.97 Å². The van der Waals surface area contributed by atoms with E-state index < -0.39 is 5.41 Å². The molecule has 1 heterocycles. The van der Waals surface area contributed by atoms with E-state index >= 15 is 0 Å². The Bertz CT molecular complexity index is 1140. The number of esters is 1. The minimum absolute atomic E-state index is 0.0565. The lowest BCUT2D eigenvalue weighted by Gasteiger charge is -2.49. The van der Waals surface area contributed by atoms with Crippen LogP contribution in [-0.2, 0) is 21.4 Å². The molecule has 1 aromatic rings. The van der Waals surface area contributed by atoms with Crippen LogP contribution < -0.4 is 11.1 Å². The number of rotatable bonds is 16. The summed E-state index contributed by atoms with van der Waals surface area (Å²) in [5.41, 5.74) is 12.0. The van der Waals surface area contributed by atoms with Crippen molar-refractivity contribution in [2.75, 3.05) is 0 Å². The lowest BCUT2D eigenvalue weighted by molar-refractivity contribution is -0.163. The first kappa shape index (κ1) is 40.5. The molecule has 4 heteroatoms. The normalized spacial score (nSPS) is 26.1. The second kappa shape index (κ2) is 15.7. The molecular weight excluding hydrogens is 564 g/mol. The summed E-state index contributed by atoms with van der Waals surface area (Å²) in [6.07, 6.45) is 9.92. The minimum atomic E-state index is -0.790. The molecule has 1 aliphatic heterocycles. The first-order valence-corrected chi connectivity index (χ1v) is 18.6. The molecule has 0 amide bonds. The molecule has 0 saturated carbocycles. The molecule has 0 bridgehead atoms. The Balaban J connectivity index is 2.50. The molecular formula is C42H74N2O2. The fraction of sp³-hybridized carbons (Fsp3) is 0.786. The largest absolute Gasteiger partial charge is 0.462 e. The van der Waals surface area contributed by atoms with Crippen LogP contribution in [-0.4, -0.2) is 28.7 Å². The molecule has 1 aliphatic rings. The maximum atomic E-state index is 14.6. The highest BCUT2D eigenvalue weighted by molar-refractivity contribution is 5.80. The average Bonchev–Trinajstić information content (AvgIpc) is 2.95. The van der Waals surface area contributed by atoms with Crippen LogP contribution in [0.25, 0.3) is 0 Å². The molecule has 4 nitrogen and oxygen atoms in total. The summed E-state index contributed by atoms with van der Waals surface area (Å²) in [7, 11) is 0. The van der Waals surface area contributed by atoms with Crippen LogP contribution in [0.1, 0.15) is 170 Å². The smallest absolute Gasteiger partial charge is 0.316 e. The number of hydrogen-bond acceptors (Lipinski definition) is 4. The quantitative estimate of drug-likeness (QED) is 0.140. The first-order valence-electron chi connectivity index (χ1n) is 18.6. The van der Waals surface area contributed by atoms with E-state index in [0.29, 0.717) is 18.3 Å². The van der Waals surface area contributed by atoms with Crippen LogP contribution in [0.15, 0.2) is 24.3 Å². The Morgan fingerprint density at radius 2 is 1.61 bits per heavy atom. The van der Waals surface area contributed by atoms with Crippen molar-refractivity contribution in [1.82, 2.24) is 5.32 Å². The van der Waals surface area contributed by atoms with Gasteiger partial charge in [-0.05, 0) is 132 Å². The van der Waals surface area contributed by atoms with Gasteiger partial charge in [0, 0.05) is 29.5 Å². The SMILES string of the molecule is C=C(CC(CC(C)CC)CC(C)(N)CC)C(C)(CCc1cc(C)c(C)c(C(C)(C)C)c1)C(=O)OC1CC(C)(CC)NC(C)(CC)C1. The number of aryl methyl sites for hydroxylation is 2. The Morgan fingerprint density at radius 3 is 2.09 bits per heavy atom. The lowest BCUT2D eigenvalue weighted by atomic mass is 9.71. The van der Waals surface area contributed by atoms with Crippen molar-refractivity contribution >= 4 is 5.97 Å². The minimum Gasteiger partial charge on any atom is -0.462 e. The molecule has 6 atom stereocenters. The Kier molecular flexibility index (Phi) is 13.8. The summed E-state index contributed by atoms with van der Waals surface area (Å²) in [6, 6.07) is 4.69. The predicted molar refractivity (Wildman–Crippen MR) is 200 cm³/mol. The van der Waals surface area contributed by atoms with E-state index in [4.69, 9.17) is 17.0 Å². The van der Waals surface area contributed by atoms with Crippen LogP contribution in [0.5, 0.6) is 0 Å². The maximum Gasteiger partial charge on any atom is 0.316 e. The van der Waals surface area contributed by atoms with Gasteiger partial charge in [-0.3, -0.25) is 4.79 Å². The molecule has 46 heavy (non-hydrogen) atoms. The number of nitrogens with one attached hydrogen (secondary N) is 1. The van der Waals surface area contributed by atoms with Crippen LogP contribution in [0.4, 0.5) is 0 Å². The highest BCUT2D eigenvalue weighted by Gasteiger charge is 2.45. The Hall–Kier alpha value is -1.65. The zero-order chi connectivity index (χ0) is 35.3. The zero-order valence-corrected chi connectivity index (χ0v) is 32.8. The third-order valence-electron chi connectivity index (χ3n) is 12.0. The number of benzene rings is 1. The monoisotopic (exact) mass is 639 g/mol. The molecule has 6 unspecified atom stereocenters. The van der Waals surface area contributed by atoms with Gasteiger partial charge in [-0.1, -0.05) is 86.1 Å². The zero-order valence-electron chi connectivity index (χ0n) is 32.8. The van der Waals surface area contributed by atoms with Gasteiger partial charge in [0.05, 0.1) is 5.41 Å². The van der Waals surface area contributed by atoms with E-state index in [1.807, 2.05) is 0 Å². The maximum absolute atomic E-state index is 14.6. The summed E-state index contributed by atoms with van der Waals surface area (Å²) in [5, 5.41) is 3.90. The van der Waals surface area contributed by atoms with E-state index in [9.17, 15) is 4.79 Å². The van der Waals surface area contributed by atoms with Crippen molar-refractivity contribution in [2.45, 2.75) is 196 Å². The topological polar surface area (TPSA) is 64.4 Å². The van der Waals surface area contributed by atoms with E-state index in [0.717, 1.165) is 69.8 Å². The van der Waals surface area contributed by atoms with Crippen LogP contribution in [0.3, 0.4) is 0 Å². The van der Waals surface area contributed by atoms with E-state index in [-0.39, 0.29) is 34.1 Å². The summed E-state index contributed by atoms with van der Waals surface area (Å²) in [6.45, 7) is 36.1. The van der Waals surface area contributed by atoms with Gasteiger partial charge in [-0.25, -0.2) is 0 Å². The van der Waals surface area contributed by atoms with Gasteiger partial charge in [0.25, 0.3) is 0 Å². The van der Waals surface area contributed by atoms with Gasteiger partial charge in [0.2, 0.25) is 0 Å². The van der Waals surface area contributed by atoms with E-state index in [1.54, 1.807) is 0 Å². The first-order chi connectivity index (χ1) is 21.1. The molecule has 0 spiro atoms. The molecule has 3 N–H and O–H groups in total. The third kappa shape index (κ3) is 10.7. The Morgan fingerprint density at radius 1 is 1.04 bits per heavy atom. The fourth-order valence-corrected chi connectivity index (χ4v) is 7.76. The van der Waals surface area contributed by atoms with Crippen LogP contribution >= 0.6 is 0 Å². The molecule has 2 rings (SSSR count). The van der Waals surface area contributed by atoms with Gasteiger partial charge in [0.1, 0.15) is 6.10 Å². The average molecular weight is 639 g/mol. The third-order valence-corrected chi connectivity index (χ3v) is 12.0. The van der Waals surface area contributed by atoms with Gasteiger partial charge in [0.15, 0.2) is 0 Å². The standard InChI is InChI=1S/C42H74N2O2/c1-16-29(5)22-34(26-39(12,43)17-2)24-31(7)42(15,21-20-33-23-30(6)32(8)36(25-33)38(9,10)11)37(45)46-35-27-40(13,18-3)44-41(14,19-4)28-35/h23,25,29,34-35,44H,7,16-22,24,26-28,43H2,1-6,8-15H3. The molecule has 1 saturated heterocycles. The van der Waals surface area contributed by atoms with Crippen molar-refractivity contribution in [2.24, 2.45) is 23.0 Å². The lowest BCUT2D eigenvalue weighted by Crippen LogP contribution is -2.62. The second-order valence-electron chi connectivity index (χ2n) is 17.7. The highest BCUT2D eigenvalue weighted by atomic mass is 16.5. The molecule has 0 aromatic heterocycles. The van der Waals surface area contributed by atoms with E-state index in [2.05, 4.69) is 114 Å². The van der Waals surface area contributed by atoms with Crippen molar-refractivity contribution in [3.8, 4) is 0 Å². The van der Waals surface area contributed by atoms with Gasteiger partial charge < -0.3 is 15.8 Å². The second-order valence-corrected chi connectivity index (χ2v) is 17.7. The van der Waals surface area contributed by atoms with Crippen LogP contribution in [0.2, 0.25) is 0 Å². The summed E-state index contributed by atoms with van der Waals surface area (Å²) >= 11 is 0. The van der Waals surface area contributed by atoms with E-state index in [1.165, 1.54) is 22.3 Å². The van der Waals surface area contributed by atoms with Crippen molar-refractivity contribution in [3.63, 3.8) is 0 Å². The molecule has 264 valence electrons. The predicted octanol–water partition coefficient (Wildman–Crippen LogP) is 10.7. The number of carbonyl (C=O) groups is 1. The summed E-state index contributed by atoms with van der Waals surface area (Å²) in [4.78, 5) is 14.6. The number of piperidine rings is 1. The molecule has 1 fully saturated rings. The van der Waals surface area contributed by atoms with Crippen molar-refractivity contribution in [1.29, 1.82) is 0 Å². The highest BCUT2D eigenvalue weighted by Crippen LogP contribution is 2.42. The summed E-state index contributed by atoms with van der Waals surface area (Å²) in [5.74, 6) is 0.877. The van der Waals surface area contributed by atoms with Crippen molar-refractivity contribution in [3.05, 3.63) is 46.5 Å². The Labute approximate surface area is 285 Å². The number of carbonyl (C=O) groups excluding carboxylic acids is 1. The molecule has 0 aliphatic carbocycles. The number of hydrogen-bond donors (Lipinski definition) is 2. The molecule has 0 radical (unpaired) electrons. The fourth-order valence-electron chi connectivity index (χ4n) is 7.76. The van der Waals surface area contributed by atoms with Gasteiger partial charge in [-0.2, -0.15) is 0 Å². The van der Waals surface area contributed by atoms with Crippen molar-refractivity contribution < 1.29 is 9.53 Å². The van der Waals surface area contributed by atoms with Gasteiger partial charge in [-0.15, -0.1) is 0 Å².